The van der Waals surface area contributed by atoms with Crippen LogP contribution in [0.3, 0.4) is 0 Å². The van der Waals surface area contributed by atoms with Crippen LogP contribution in [0.15, 0.2) is 48.5 Å². The van der Waals surface area contributed by atoms with Crippen molar-refractivity contribution in [2.45, 2.75) is 12.8 Å². The largest absolute Gasteiger partial charge is 0.417 e. The lowest BCUT2D eigenvalue weighted by molar-refractivity contribution is -0.137. The van der Waals surface area contributed by atoms with Crippen molar-refractivity contribution in [3.8, 4) is 11.4 Å². The second-order valence-electron chi connectivity index (χ2n) is 6.12. The number of aromatic amines is 1. The van der Waals surface area contributed by atoms with Crippen LogP contribution in [0.5, 0.6) is 0 Å². The summed E-state index contributed by atoms with van der Waals surface area (Å²) in [5.74, 6) is 0.962. The predicted octanol–water partition coefficient (Wildman–Crippen LogP) is 5.37. The molecule has 0 bridgehead atoms. The molecule has 0 aliphatic rings. The van der Waals surface area contributed by atoms with Gasteiger partial charge in [0.05, 0.1) is 11.1 Å². The van der Waals surface area contributed by atoms with E-state index in [0.29, 0.717) is 22.5 Å². The monoisotopic (exact) mass is 542 g/mol. The fourth-order valence-corrected chi connectivity index (χ4v) is 2.88. The third kappa shape index (κ3) is 5.28. The molecule has 0 fully saturated rings. The molecule has 0 aliphatic carbocycles. The van der Waals surface area contributed by atoms with E-state index in [2.05, 4.69) is 53.1 Å². The molecule has 0 unspecified atom stereocenters. The molecule has 2 aromatic carbocycles. The first-order chi connectivity index (χ1) is 15.0. The van der Waals surface area contributed by atoms with Gasteiger partial charge in [0.1, 0.15) is 12.4 Å². The first-order valence-electron chi connectivity index (χ1n) is 8.94. The third-order valence-corrected chi connectivity index (χ3v) is 4.12. The van der Waals surface area contributed by atoms with Crippen molar-refractivity contribution in [1.29, 1.82) is 0 Å². The summed E-state index contributed by atoms with van der Waals surface area (Å²) in [7, 11) is 1.53. The zero-order valence-corrected chi connectivity index (χ0v) is 18.7. The number of nitrogens with one attached hydrogen (secondary N) is 2. The van der Waals surface area contributed by atoms with Gasteiger partial charge < -0.3 is 10.1 Å². The maximum absolute atomic E-state index is 13.5. The Morgan fingerprint density at radius 3 is 2.45 bits per heavy atom. The molecule has 7 nitrogen and oxygen atoms in total. The number of methoxy groups -OCH3 is 1. The van der Waals surface area contributed by atoms with Gasteiger partial charge in [0, 0.05) is 18.1 Å². The SMILES string of the molecule is CI.COCc1nc(Nc2nc(-c3ccccc3C(F)(F)F)nc3ccccc23)n[nH]1. The average Bonchev–Trinajstić information content (AvgIpc) is 3.21. The Labute approximate surface area is 189 Å². The summed E-state index contributed by atoms with van der Waals surface area (Å²) >= 11 is 2.15. The molecule has 4 aromatic rings. The van der Waals surface area contributed by atoms with Crippen LogP contribution in [-0.4, -0.2) is 37.2 Å². The standard InChI is InChI=1S/C19H15F3N6O.CH3I/c1-29-10-15-24-18(28-27-15)26-17-12-7-3-5-9-14(12)23-16(25-17)11-6-2-4-8-13(11)19(20,21)22;1-2/h2-9H,10H2,1H3,(H2,23,24,25,26,27,28);1H3. The number of hydrogen-bond acceptors (Lipinski definition) is 6. The Morgan fingerprint density at radius 1 is 1.00 bits per heavy atom. The molecule has 4 rings (SSSR count). The van der Waals surface area contributed by atoms with Gasteiger partial charge in [-0.25, -0.2) is 9.97 Å². The van der Waals surface area contributed by atoms with Crippen LogP contribution in [0.2, 0.25) is 0 Å². The van der Waals surface area contributed by atoms with Crippen LogP contribution >= 0.6 is 22.6 Å². The van der Waals surface area contributed by atoms with Gasteiger partial charge in [-0.15, -0.1) is 5.10 Å². The Balaban J connectivity index is 0.00000132. The van der Waals surface area contributed by atoms with Crippen molar-refractivity contribution >= 4 is 45.3 Å². The number of anilines is 2. The van der Waals surface area contributed by atoms with E-state index >= 15 is 0 Å². The van der Waals surface area contributed by atoms with E-state index in [9.17, 15) is 13.2 Å². The van der Waals surface area contributed by atoms with E-state index in [1.54, 1.807) is 24.3 Å². The van der Waals surface area contributed by atoms with Gasteiger partial charge in [-0.2, -0.15) is 18.2 Å². The van der Waals surface area contributed by atoms with Crippen molar-refractivity contribution in [3.63, 3.8) is 0 Å². The second-order valence-corrected chi connectivity index (χ2v) is 6.12. The second kappa shape index (κ2) is 10.0. The van der Waals surface area contributed by atoms with Gasteiger partial charge in [0.2, 0.25) is 5.95 Å². The van der Waals surface area contributed by atoms with Gasteiger partial charge in [0.15, 0.2) is 11.6 Å². The zero-order chi connectivity index (χ0) is 22.4. The Hall–Kier alpha value is -2.80. The summed E-state index contributed by atoms with van der Waals surface area (Å²) < 4.78 is 45.4. The topological polar surface area (TPSA) is 88.6 Å². The molecule has 0 radical (unpaired) electrons. The molecule has 31 heavy (non-hydrogen) atoms. The fourth-order valence-electron chi connectivity index (χ4n) is 2.88. The Bertz CT molecular complexity index is 1170. The zero-order valence-electron chi connectivity index (χ0n) is 16.5. The third-order valence-electron chi connectivity index (χ3n) is 4.12. The van der Waals surface area contributed by atoms with E-state index in [0.717, 1.165) is 6.07 Å². The highest BCUT2D eigenvalue weighted by molar-refractivity contribution is 14.1. The summed E-state index contributed by atoms with van der Waals surface area (Å²) in [4.78, 5) is 14.9. The van der Waals surface area contributed by atoms with E-state index in [1.807, 2.05) is 4.93 Å². The number of aromatic nitrogens is 5. The number of H-pyrrole nitrogens is 1. The van der Waals surface area contributed by atoms with Gasteiger partial charge >= 0.3 is 6.18 Å². The molecule has 0 spiro atoms. The first-order valence-corrected chi connectivity index (χ1v) is 11.1. The number of rotatable bonds is 5. The minimum absolute atomic E-state index is 0.0493. The highest BCUT2D eigenvalue weighted by Gasteiger charge is 2.34. The van der Waals surface area contributed by atoms with Crippen LogP contribution in [0.4, 0.5) is 24.9 Å². The average molecular weight is 542 g/mol. The van der Waals surface area contributed by atoms with Crippen molar-refractivity contribution < 1.29 is 17.9 Å². The number of para-hydroxylation sites is 1. The lowest BCUT2D eigenvalue weighted by atomic mass is 10.1. The van der Waals surface area contributed by atoms with Gasteiger partial charge in [-0.1, -0.05) is 52.9 Å². The van der Waals surface area contributed by atoms with Gasteiger partial charge in [0.25, 0.3) is 0 Å². The molecule has 0 saturated heterocycles. The predicted molar refractivity (Wildman–Crippen MR) is 120 cm³/mol. The molecular weight excluding hydrogens is 524 g/mol. The van der Waals surface area contributed by atoms with Crippen molar-refractivity contribution in [1.82, 2.24) is 25.1 Å². The highest BCUT2D eigenvalue weighted by Crippen LogP contribution is 2.37. The molecule has 2 heterocycles. The van der Waals surface area contributed by atoms with Crippen LogP contribution in [0, 0.1) is 0 Å². The van der Waals surface area contributed by atoms with Gasteiger partial charge in [-0.3, -0.25) is 5.10 Å². The molecular formula is C20H18F3IN6O. The van der Waals surface area contributed by atoms with E-state index < -0.39 is 11.7 Å². The van der Waals surface area contributed by atoms with Crippen LogP contribution in [0.1, 0.15) is 11.4 Å². The molecule has 2 N–H and O–H groups in total. The normalized spacial score (nSPS) is 11.2. The van der Waals surface area contributed by atoms with Crippen LogP contribution in [0.25, 0.3) is 22.3 Å². The summed E-state index contributed by atoms with van der Waals surface area (Å²) in [5, 5.41) is 10.3. The minimum Gasteiger partial charge on any atom is -0.377 e. The molecule has 11 heteroatoms. The van der Waals surface area contributed by atoms with Crippen molar-refractivity contribution in [2.24, 2.45) is 0 Å². The number of benzene rings is 2. The van der Waals surface area contributed by atoms with Crippen LogP contribution in [-0.2, 0) is 17.5 Å². The van der Waals surface area contributed by atoms with E-state index in [4.69, 9.17) is 4.74 Å². The lowest BCUT2D eigenvalue weighted by Gasteiger charge is -2.13. The summed E-state index contributed by atoms with van der Waals surface area (Å²) in [6, 6.07) is 12.2. The molecule has 2 aromatic heterocycles. The smallest absolute Gasteiger partial charge is 0.377 e. The maximum atomic E-state index is 13.5. The number of ether oxygens (including phenoxy) is 1. The van der Waals surface area contributed by atoms with E-state index in [-0.39, 0.29) is 23.9 Å². The van der Waals surface area contributed by atoms with Crippen molar-refractivity contribution in [2.75, 3.05) is 17.4 Å². The highest BCUT2D eigenvalue weighted by atomic mass is 127. The summed E-state index contributed by atoms with van der Waals surface area (Å²) in [5.41, 5.74) is -0.421. The van der Waals surface area contributed by atoms with Crippen LogP contribution < -0.4 is 5.32 Å². The molecule has 0 aliphatic heterocycles. The summed E-state index contributed by atoms with van der Waals surface area (Å²) in [6.07, 6.45) is -4.53. The molecule has 0 atom stereocenters. The number of fused-ring (bicyclic) bond motifs is 1. The lowest BCUT2D eigenvalue weighted by Crippen LogP contribution is -2.09. The minimum atomic E-state index is -4.53. The first kappa shape index (κ1) is 22.9. The quantitative estimate of drug-likeness (QED) is 0.260. The molecule has 162 valence electrons. The Morgan fingerprint density at radius 2 is 1.71 bits per heavy atom. The number of nitrogens with zero attached hydrogens (tertiary/aromatic N) is 4. The number of hydrogen-bond donors (Lipinski definition) is 2. The fraction of sp³-hybridized carbons (Fsp3) is 0.200. The number of halogens is 4. The Kier molecular flexibility index (Phi) is 7.38. The maximum Gasteiger partial charge on any atom is 0.417 e. The molecule has 0 saturated carbocycles. The number of alkyl halides is 4. The summed E-state index contributed by atoms with van der Waals surface area (Å²) in [6.45, 7) is 0.239. The van der Waals surface area contributed by atoms with Crippen molar-refractivity contribution in [3.05, 3.63) is 59.9 Å². The van der Waals surface area contributed by atoms with E-state index in [1.165, 1.54) is 25.3 Å². The van der Waals surface area contributed by atoms with Gasteiger partial charge in [-0.05, 0) is 23.1 Å². The molecule has 0 amide bonds.